The molecule has 1 aromatic rings. The second-order valence-electron chi connectivity index (χ2n) is 1.98. The summed E-state index contributed by atoms with van der Waals surface area (Å²) in [5, 5.41) is 26.2. The molecule has 0 aliphatic carbocycles. The van der Waals surface area contributed by atoms with Gasteiger partial charge in [-0.15, -0.1) is 0 Å². The van der Waals surface area contributed by atoms with Crippen LogP contribution < -0.4 is 0 Å². The van der Waals surface area contributed by atoms with Gasteiger partial charge in [0.2, 0.25) is 0 Å². The number of phenols is 2. The first-order valence-corrected chi connectivity index (χ1v) is 2.87. The first kappa shape index (κ1) is 11.1. The SMILES string of the molecule is O=C(O)c1cccc(O)c1O.[SnH2]. The maximum absolute atomic E-state index is 10.3. The Hall–Kier alpha value is -0.911. The average Bonchev–Trinajstić information content (AvgIpc) is 1.94. The standard InChI is InChI=1S/C7H6O4.Sn.2H/c8-5-3-1-2-4(6(5)9)7(10)11;;;/h1-3,8-9H,(H,10,11);;;. The van der Waals surface area contributed by atoms with Crippen LogP contribution in [0.3, 0.4) is 0 Å². The summed E-state index contributed by atoms with van der Waals surface area (Å²) in [5.74, 6) is -2.29. The Kier molecular flexibility index (Phi) is 3.88. The molecule has 1 rings (SSSR count). The van der Waals surface area contributed by atoms with E-state index in [1.807, 2.05) is 0 Å². The summed E-state index contributed by atoms with van der Waals surface area (Å²) in [6, 6.07) is 3.76. The molecule has 12 heavy (non-hydrogen) atoms. The van der Waals surface area contributed by atoms with Gasteiger partial charge in [-0.1, -0.05) is 6.07 Å². The van der Waals surface area contributed by atoms with Crippen molar-refractivity contribution in [2.75, 3.05) is 0 Å². The normalized spacial score (nSPS) is 8.67. The van der Waals surface area contributed by atoms with Crippen molar-refractivity contribution >= 4 is 29.9 Å². The van der Waals surface area contributed by atoms with Crippen LogP contribution in [0.2, 0.25) is 0 Å². The van der Waals surface area contributed by atoms with E-state index in [-0.39, 0.29) is 29.5 Å². The third kappa shape index (κ3) is 2.04. The first-order valence-electron chi connectivity index (χ1n) is 2.87. The van der Waals surface area contributed by atoms with Crippen molar-refractivity contribution in [2.45, 2.75) is 0 Å². The van der Waals surface area contributed by atoms with Gasteiger partial charge in [0.05, 0.1) is 0 Å². The third-order valence-corrected chi connectivity index (χ3v) is 1.25. The fraction of sp³-hybridized carbons (Fsp3) is 0. The van der Waals surface area contributed by atoms with E-state index in [0.717, 1.165) is 0 Å². The molecule has 0 saturated heterocycles. The van der Waals surface area contributed by atoms with Crippen molar-refractivity contribution in [3.8, 4) is 11.5 Å². The Bertz CT molecular complexity index is 297. The first-order chi connectivity index (χ1) is 5.13. The number of carboxylic acids is 1. The third-order valence-electron chi connectivity index (χ3n) is 1.25. The number of aromatic hydroxyl groups is 2. The number of hydrogen-bond donors (Lipinski definition) is 3. The van der Waals surface area contributed by atoms with Gasteiger partial charge in [-0.05, 0) is 12.1 Å². The molecule has 0 aromatic heterocycles. The van der Waals surface area contributed by atoms with Crippen molar-refractivity contribution < 1.29 is 20.1 Å². The van der Waals surface area contributed by atoms with Crippen LogP contribution in [0, 0.1) is 0 Å². The summed E-state index contributed by atoms with van der Waals surface area (Å²) in [4.78, 5) is 10.3. The fourth-order valence-electron chi connectivity index (χ4n) is 0.704. The zero-order chi connectivity index (χ0) is 8.43. The summed E-state index contributed by atoms with van der Waals surface area (Å²) in [6.07, 6.45) is 0. The molecule has 0 atom stereocenters. The van der Waals surface area contributed by atoms with Gasteiger partial charge in [0.15, 0.2) is 11.5 Å². The molecule has 0 aliphatic heterocycles. The molecule has 64 valence electrons. The Balaban J connectivity index is 0.00000121. The molecule has 0 unspecified atom stereocenters. The Morgan fingerprint density at radius 2 is 1.83 bits per heavy atom. The quantitative estimate of drug-likeness (QED) is 0.493. The van der Waals surface area contributed by atoms with E-state index < -0.39 is 17.5 Å². The molecule has 4 nitrogen and oxygen atoms in total. The number of aromatic carboxylic acids is 1. The molecule has 0 aliphatic rings. The van der Waals surface area contributed by atoms with Gasteiger partial charge in [0.1, 0.15) is 5.56 Å². The predicted octanol–water partition coefficient (Wildman–Crippen LogP) is -0.120. The molecule has 0 amide bonds. The number of carboxylic acid groups (broad SMARTS) is 1. The number of para-hydroxylation sites is 1. The van der Waals surface area contributed by atoms with Crippen LogP contribution in [-0.2, 0) is 0 Å². The van der Waals surface area contributed by atoms with E-state index in [4.69, 9.17) is 15.3 Å². The molecular formula is C7H8O4Sn. The van der Waals surface area contributed by atoms with E-state index >= 15 is 0 Å². The summed E-state index contributed by atoms with van der Waals surface area (Å²) in [6.45, 7) is 0. The van der Waals surface area contributed by atoms with E-state index in [1.54, 1.807) is 0 Å². The number of carbonyl (C=O) groups is 1. The maximum atomic E-state index is 10.3. The van der Waals surface area contributed by atoms with Crippen LogP contribution in [0.1, 0.15) is 10.4 Å². The van der Waals surface area contributed by atoms with Crippen LogP contribution in [0.5, 0.6) is 11.5 Å². The zero-order valence-corrected chi connectivity index (χ0v) is 10.2. The molecule has 0 spiro atoms. The molecule has 0 heterocycles. The Morgan fingerprint density at radius 1 is 1.25 bits per heavy atom. The summed E-state index contributed by atoms with van der Waals surface area (Å²) in [5.41, 5.74) is -0.301. The molecule has 5 heteroatoms. The van der Waals surface area contributed by atoms with Gasteiger partial charge in [0.25, 0.3) is 0 Å². The average molecular weight is 275 g/mol. The van der Waals surface area contributed by atoms with E-state index in [1.165, 1.54) is 18.2 Å². The number of benzene rings is 1. The van der Waals surface area contributed by atoms with Crippen LogP contribution in [0.4, 0.5) is 0 Å². The molecule has 3 N–H and O–H groups in total. The van der Waals surface area contributed by atoms with Gasteiger partial charge >= 0.3 is 29.9 Å². The summed E-state index contributed by atoms with van der Waals surface area (Å²) < 4.78 is 0. The molecule has 0 bridgehead atoms. The molecule has 0 saturated carbocycles. The van der Waals surface area contributed by atoms with Crippen LogP contribution in [0.25, 0.3) is 0 Å². The molecular weight excluding hydrogens is 267 g/mol. The van der Waals surface area contributed by atoms with E-state index in [0.29, 0.717) is 0 Å². The summed E-state index contributed by atoms with van der Waals surface area (Å²) >= 11 is 0. The second-order valence-corrected chi connectivity index (χ2v) is 1.98. The second kappa shape index (κ2) is 4.20. The summed E-state index contributed by atoms with van der Waals surface area (Å²) in [7, 11) is 0. The number of phenolic OH excluding ortho intramolecular Hbond substituents is 1. The molecule has 1 aromatic carbocycles. The van der Waals surface area contributed by atoms with Crippen LogP contribution >= 0.6 is 0 Å². The number of hydrogen-bond acceptors (Lipinski definition) is 3. The van der Waals surface area contributed by atoms with Gasteiger partial charge in [-0.25, -0.2) is 4.79 Å². The van der Waals surface area contributed by atoms with E-state index in [2.05, 4.69) is 0 Å². The van der Waals surface area contributed by atoms with Gasteiger partial charge in [-0.2, -0.15) is 0 Å². The van der Waals surface area contributed by atoms with Crippen molar-refractivity contribution in [2.24, 2.45) is 0 Å². The van der Waals surface area contributed by atoms with Gasteiger partial charge in [0, 0.05) is 0 Å². The van der Waals surface area contributed by atoms with Crippen molar-refractivity contribution in [3.05, 3.63) is 23.8 Å². The fourth-order valence-corrected chi connectivity index (χ4v) is 0.704. The Morgan fingerprint density at radius 3 is 2.25 bits per heavy atom. The molecule has 0 fully saturated rings. The number of rotatable bonds is 1. The van der Waals surface area contributed by atoms with Crippen molar-refractivity contribution in [3.63, 3.8) is 0 Å². The topological polar surface area (TPSA) is 77.8 Å². The van der Waals surface area contributed by atoms with Crippen molar-refractivity contribution in [1.29, 1.82) is 0 Å². The van der Waals surface area contributed by atoms with Crippen molar-refractivity contribution in [1.82, 2.24) is 0 Å². The van der Waals surface area contributed by atoms with Gasteiger partial charge in [-0.3, -0.25) is 0 Å². The monoisotopic (exact) mass is 276 g/mol. The minimum absolute atomic E-state index is 0. The van der Waals surface area contributed by atoms with Crippen LogP contribution in [0.15, 0.2) is 18.2 Å². The van der Waals surface area contributed by atoms with Crippen LogP contribution in [-0.4, -0.2) is 45.2 Å². The zero-order valence-electron chi connectivity index (χ0n) is 6.19. The molecule has 2 radical (unpaired) electrons. The Labute approximate surface area is 85.4 Å². The van der Waals surface area contributed by atoms with Gasteiger partial charge < -0.3 is 15.3 Å². The minimum atomic E-state index is -1.27. The van der Waals surface area contributed by atoms with E-state index in [9.17, 15) is 4.79 Å². The predicted molar refractivity (Wildman–Crippen MR) is 45.3 cm³/mol.